The van der Waals surface area contributed by atoms with Gasteiger partial charge in [0.1, 0.15) is 22.9 Å². The van der Waals surface area contributed by atoms with E-state index in [-0.39, 0.29) is 31.5 Å². The molecule has 50 heavy (non-hydrogen) atoms. The number of carboxylic acids is 1. The topological polar surface area (TPSA) is 145 Å². The number of hydrogen-bond donors (Lipinski definition) is 4. The van der Waals surface area contributed by atoms with Crippen molar-refractivity contribution < 1.29 is 38.5 Å². The van der Waals surface area contributed by atoms with Crippen molar-refractivity contribution in [3.05, 3.63) is 89.7 Å². The van der Waals surface area contributed by atoms with Gasteiger partial charge in [-0.1, -0.05) is 43.5 Å². The summed E-state index contributed by atoms with van der Waals surface area (Å²) in [7, 11) is 0. The highest BCUT2D eigenvalue weighted by Gasteiger charge is 2.49. The van der Waals surface area contributed by atoms with Crippen molar-refractivity contribution in [1.82, 2.24) is 10.6 Å². The van der Waals surface area contributed by atoms with Crippen LogP contribution in [-0.4, -0.2) is 76.3 Å². The van der Waals surface area contributed by atoms with E-state index >= 15 is 0 Å². The van der Waals surface area contributed by atoms with Crippen LogP contribution in [0.4, 0.5) is 10.1 Å². The lowest BCUT2D eigenvalue weighted by atomic mass is 9.92. The van der Waals surface area contributed by atoms with Crippen molar-refractivity contribution in [1.29, 1.82) is 0 Å². The molecule has 1 unspecified atom stereocenters. The number of carbonyl (C=O) groups is 4. The molecule has 1 aliphatic heterocycles. The fourth-order valence-electron chi connectivity index (χ4n) is 6.18. The van der Waals surface area contributed by atoms with Gasteiger partial charge in [0.05, 0.1) is 18.7 Å². The third kappa shape index (κ3) is 9.87. The van der Waals surface area contributed by atoms with Crippen molar-refractivity contribution in [3.8, 4) is 5.75 Å². The quantitative estimate of drug-likeness (QED) is 0.107. The average molecular weight is 724 g/mol. The lowest BCUT2D eigenvalue weighted by Gasteiger charge is -2.47. The zero-order chi connectivity index (χ0) is 35.6. The van der Waals surface area contributed by atoms with Crippen molar-refractivity contribution in [2.75, 3.05) is 30.1 Å². The zero-order valence-electron chi connectivity index (χ0n) is 27.8. The predicted molar refractivity (Wildman–Crippen MR) is 192 cm³/mol. The van der Waals surface area contributed by atoms with Crippen molar-refractivity contribution >= 4 is 52.8 Å². The predicted octanol–water partition coefficient (Wildman–Crippen LogP) is 5.30. The highest BCUT2D eigenvalue weighted by Crippen LogP contribution is 2.46. The molecule has 2 aliphatic rings. The Morgan fingerprint density at radius 3 is 2.30 bits per heavy atom. The largest absolute Gasteiger partial charge is 0.484 e. The van der Waals surface area contributed by atoms with Crippen molar-refractivity contribution in [2.24, 2.45) is 0 Å². The minimum atomic E-state index is -1.09. The molecule has 1 aliphatic carbocycles. The minimum absolute atomic E-state index is 0.0774. The molecule has 0 spiro atoms. The number of amides is 2. The molecule has 3 aromatic carbocycles. The maximum absolute atomic E-state index is 13.7. The van der Waals surface area contributed by atoms with Crippen molar-refractivity contribution in [3.63, 3.8) is 0 Å². The summed E-state index contributed by atoms with van der Waals surface area (Å²) in [4.78, 5) is 52.7. The van der Waals surface area contributed by atoms with Crippen LogP contribution in [0.1, 0.15) is 61.8 Å². The SMILES string of the molecule is CSc1ccc(C(O)CS[C@H]2C(=O)N(c3ccc(F)cc3)[C@@H]2c2ccc(OCC(=O)NCC(=O)C[C@@H](NC3CCCCC3)C(=O)O)cc2)cc1. The summed E-state index contributed by atoms with van der Waals surface area (Å²) in [6.07, 6.45) is 5.95. The molecule has 0 bridgehead atoms. The third-order valence-corrected chi connectivity index (χ3v) is 11.0. The highest BCUT2D eigenvalue weighted by atomic mass is 32.2. The number of Topliss-reactive ketones (excluding diaryl/α,β-unsaturated/α-hetero) is 1. The Balaban J connectivity index is 1.15. The van der Waals surface area contributed by atoms with Crippen LogP contribution < -0.4 is 20.3 Å². The standard InChI is InChI=1S/C37H42FN3O7S2/c1-49-30-17-9-23(10-18-30)32(43)22-50-35-34(41(36(35)45)27-13-11-25(38)12-14-27)24-7-15-29(16-8-24)48-21-33(44)39-20-28(42)19-31(37(46)47)40-26-5-3-2-4-6-26/h7-18,26,31-32,34-35,40,43H,2-6,19-22H2,1H3,(H,39,44)(H,46,47)/t31-,32?,34-,35-/m1/s1. The molecule has 10 nitrogen and oxygen atoms in total. The molecule has 13 heteroatoms. The molecule has 0 radical (unpaired) electrons. The van der Waals surface area contributed by atoms with Gasteiger partial charge in [0, 0.05) is 28.8 Å². The first-order valence-electron chi connectivity index (χ1n) is 16.6. The summed E-state index contributed by atoms with van der Waals surface area (Å²) < 4.78 is 19.3. The van der Waals surface area contributed by atoms with E-state index < -0.39 is 46.9 Å². The zero-order valence-corrected chi connectivity index (χ0v) is 29.4. The Labute approximate surface area is 299 Å². The number of nitrogens with one attached hydrogen (secondary N) is 2. The number of ether oxygens (including phenoxy) is 1. The van der Waals surface area contributed by atoms with Gasteiger partial charge < -0.3 is 30.5 Å². The monoisotopic (exact) mass is 723 g/mol. The Kier molecular flexibility index (Phi) is 13.3. The number of halogens is 1. The number of thioether (sulfide) groups is 2. The van der Waals surface area contributed by atoms with Gasteiger partial charge in [0.2, 0.25) is 5.91 Å². The first-order valence-corrected chi connectivity index (χ1v) is 18.9. The molecule has 2 fully saturated rings. The number of aliphatic hydroxyl groups excluding tert-OH is 1. The molecular formula is C37H42FN3O7S2. The second-order valence-corrected chi connectivity index (χ2v) is 14.5. The molecule has 2 amide bonds. The van der Waals surface area contributed by atoms with E-state index in [1.165, 1.54) is 23.9 Å². The van der Waals surface area contributed by atoms with Crippen LogP contribution in [-0.2, 0) is 19.2 Å². The van der Waals surface area contributed by atoms with Gasteiger partial charge in [-0.05, 0) is 78.8 Å². The fourth-order valence-corrected chi connectivity index (χ4v) is 7.89. The number of ketones is 1. The molecule has 5 rings (SSSR count). The first-order chi connectivity index (χ1) is 24.1. The Hall–Kier alpha value is -3.91. The Morgan fingerprint density at radius 2 is 1.66 bits per heavy atom. The molecule has 4 atom stereocenters. The molecule has 1 saturated carbocycles. The second kappa shape index (κ2) is 17.8. The maximum Gasteiger partial charge on any atom is 0.321 e. The third-order valence-electron chi connectivity index (χ3n) is 8.93. The van der Waals surface area contributed by atoms with E-state index in [4.69, 9.17) is 4.74 Å². The minimum Gasteiger partial charge on any atom is -0.484 e. The summed E-state index contributed by atoms with van der Waals surface area (Å²) >= 11 is 2.97. The molecular weight excluding hydrogens is 682 g/mol. The van der Waals surface area contributed by atoms with E-state index in [0.717, 1.165) is 48.1 Å². The van der Waals surface area contributed by atoms with Gasteiger partial charge in [0.25, 0.3) is 5.91 Å². The number of aliphatic carboxylic acids is 1. The number of benzene rings is 3. The molecule has 4 N–H and O–H groups in total. The summed E-state index contributed by atoms with van der Waals surface area (Å²) in [6, 6.07) is 19.0. The molecule has 1 saturated heterocycles. The number of rotatable bonds is 17. The van der Waals surface area contributed by atoms with E-state index in [9.17, 15) is 33.8 Å². The number of hydrogen-bond acceptors (Lipinski definition) is 9. The number of nitrogens with zero attached hydrogens (tertiary/aromatic N) is 1. The highest BCUT2D eigenvalue weighted by molar-refractivity contribution is 8.00. The molecule has 266 valence electrons. The molecule has 3 aromatic rings. The van der Waals surface area contributed by atoms with Crippen LogP contribution in [0.5, 0.6) is 5.75 Å². The lowest BCUT2D eigenvalue weighted by molar-refractivity contribution is -0.141. The van der Waals surface area contributed by atoms with Gasteiger partial charge in [0.15, 0.2) is 12.4 Å². The fraction of sp³-hybridized carbons (Fsp3) is 0.405. The normalized spacial score (nSPS) is 18.9. The maximum atomic E-state index is 13.7. The van der Waals surface area contributed by atoms with E-state index in [1.54, 1.807) is 53.1 Å². The van der Waals surface area contributed by atoms with E-state index in [2.05, 4.69) is 10.6 Å². The number of carboxylic acid groups (broad SMARTS) is 1. The Bertz CT molecular complexity index is 1620. The summed E-state index contributed by atoms with van der Waals surface area (Å²) in [6.45, 7) is -0.656. The number of aliphatic hydroxyl groups is 1. The van der Waals surface area contributed by atoms with Crippen LogP contribution >= 0.6 is 23.5 Å². The van der Waals surface area contributed by atoms with Crippen LogP contribution in [0.2, 0.25) is 0 Å². The van der Waals surface area contributed by atoms with Crippen LogP contribution in [0.25, 0.3) is 0 Å². The van der Waals surface area contributed by atoms with Gasteiger partial charge in [-0.25, -0.2) is 4.39 Å². The van der Waals surface area contributed by atoms with Gasteiger partial charge in [-0.3, -0.25) is 19.2 Å². The average Bonchev–Trinajstić information content (AvgIpc) is 3.13. The summed E-state index contributed by atoms with van der Waals surface area (Å²) in [5.74, 6) is -1.88. The van der Waals surface area contributed by atoms with E-state index in [1.807, 2.05) is 30.5 Å². The number of anilines is 1. The van der Waals surface area contributed by atoms with Gasteiger partial charge in [-0.2, -0.15) is 0 Å². The second-order valence-electron chi connectivity index (χ2n) is 12.4. The van der Waals surface area contributed by atoms with Crippen LogP contribution in [0.15, 0.2) is 77.7 Å². The molecule has 0 aromatic heterocycles. The van der Waals surface area contributed by atoms with Crippen LogP contribution in [0.3, 0.4) is 0 Å². The van der Waals surface area contributed by atoms with Gasteiger partial charge >= 0.3 is 5.97 Å². The van der Waals surface area contributed by atoms with Crippen LogP contribution in [0, 0.1) is 5.82 Å². The van der Waals surface area contributed by atoms with E-state index in [0.29, 0.717) is 17.2 Å². The van der Waals surface area contributed by atoms with Gasteiger partial charge in [-0.15, -0.1) is 23.5 Å². The lowest BCUT2D eigenvalue weighted by Crippen LogP contribution is -2.57. The molecule has 1 heterocycles. The number of β-lactam (4-membered cyclic amide) rings is 1. The summed E-state index contributed by atoms with van der Waals surface area (Å²) in [5, 5.41) is 25.5. The Morgan fingerprint density at radius 1 is 0.980 bits per heavy atom. The first kappa shape index (κ1) is 37.3. The summed E-state index contributed by atoms with van der Waals surface area (Å²) in [5.41, 5.74) is 2.11. The van der Waals surface area contributed by atoms with Crippen molar-refractivity contribution in [2.45, 2.75) is 72.9 Å². The number of carbonyl (C=O) groups excluding carboxylic acids is 3. The smallest absolute Gasteiger partial charge is 0.321 e.